The second-order valence-electron chi connectivity index (χ2n) is 8.37. The topological polar surface area (TPSA) is 66.3 Å². The van der Waals surface area contributed by atoms with E-state index in [9.17, 15) is 15.2 Å². The zero-order valence-electron chi connectivity index (χ0n) is 17.9. The second-order valence-corrected chi connectivity index (χ2v) is 8.37. The lowest BCUT2D eigenvalue weighted by Crippen LogP contribution is -2.50. The van der Waals surface area contributed by atoms with Crippen LogP contribution in [0.5, 0.6) is 0 Å². The van der Waals surface area contributed by atoms with Crippen molar-refractivity contribution >= 4 is 17.6 Å². The van der Waals surface area contributed by atoms with Crippen LogP contribution in [0.4, 0.5) is 0 Å². The maximum Gasteiger partial charge on any atom is 0.248 e. The van der Waals surface area contributed by atoms with E-state index in [-0.39, 0.29) is 5.78 Å². The van der Waals surface area contributed by atoms with Crippen LogP contribution in [-0.2, 0) is 5.21 Å². The Morgan fingerprint density at radius 3 is 1.87 bits per heavy atom. The fourth-order valence-corrected chi connectivity index (χ4v) is 3.47. The standard InChI is InChI=1S/C25H25N2O3/c1-18(28)22-15-12-21(13-16-22)11-8-19-6-9-20(10-7-19)14-17-23-24(2,3)27(30)25(4,5)26(23)29/h6-7,9-10,12-17H,1-5H3/b17-14+. The molecule has 0 atom stereocenters. The van der Waals surface area contributed by atoms with Crippen molar-refractivity contribution < 1.29 is 14.7 Å². The Morgan fingerprint density at radius 2 is 1.43 bits per heavy atom. The molecule has 0 saturated heterocycles. The number of ketones is 1. The molecule has 1 heterocycles. The first-order valence-corrected chi connectivity index (χ1v) is 9.77. The van der Waals surface area contributed by atoms with Gasteiger partial charge in [-0.05, 0) is 56.7 Å². The summed E-state index contributed by atoms with van der Waals surface area (Å²) in [5.41, 5.74) is 1.67. The van der Waals surface area contributed by atoms with E-state index >= 15 is 0 Å². The highest BCUT2D eigenvalue weighted by molar-refractivity contribution is 6.02. The molecule has 0 bridgehead atoms. The molecule has 0 saturated carbocycles. The summed E-state index contributed by atoms with van der Waals surface area (Å²) in [6, 6.07) is 14.8. The van der Waals surface area contributed by atoms with Crippen LogP contribution in [0.15, 0.2) is 54.6 Å². The third-order valence-corrected chi connectivity index (χ3v) is 5.33. The summed E-state index contributed by atoms with van der Waals surface area (Å²) in [4.78, 5) is 11.3. The minimum Gasteiger partial charge on any atom is -0.622 e. The van der Waals surface area contributed by atoms with Crippen LogP contribution in [0.2, 0.25) is 0 Å². The van der Waals surface area contributed by atoms with Crippen molar-refractivity contribution in [3.63, 3.8) is 0 Å². The molecule has 0 aromatic heterocycles. The first kappa shape index (κ1) is 21.5. The van der Waals surface area contributed by atoms with Crippen LogP contribution in [0.25, 0.3) is 6.08 Å². The quantitative estimate of drug-likeness (QED) is 0.331. The van der Waals surface area contributed by atoms with E-state index in [0.717, 1.165) is 26.5 Å². The molecule has 2 aromatic carbocycles. The summed E-state index contributed by atoms with van der Waals surface area (Å²) in [7, 11) is 0. The van der Waals surface area contributed by atoms with Gasteiger partial charge in [0.1, 0.15) is 5.54 Å². The lowest BCUT2D eigenvalue weighted by atomic mass is 9.97. The maximum atomic E-state index is 12.6. The summed E-state index contributed by atoms with van der Waals surface area (Å²) in [6.07, 6.45) is 3.54. The molecule has 0 unspecified atom stereocenters. The number of hydroxylamine groups is 3. The molecule has 2 aromatic rings. The van der Waals surface area contributed by atoms with Crippen LogP contribution in [0.3, 0.4) is 0 Å². The monoisotopic (exact) mass is 401 g/mol. The van der Waals surface area contributed by atoms with Gasteiger partial charge in [0.15, 0.2) is 5.78 Å². The number of rotatable bonds is 3. The van der Waals surface area contributed by atoms with Gasteiger partial charge < -0.3 is 5.21 Å². The van der Waals surface area contributed by atoms with E-state index in [1.54, 1.807) is 45.9 Å². The highest BCUT2D eigenvalue weighted by Gasteiger charge is 2.56. The summed E-state index contributed by atoms with van der Waals surface area (Å²) >= 11 is 0. The Balaban J connectivity index is 1.76. The largest absolute Gasteiger partial charge is 0.622 e. The predicted octanol–water partition coefficient (Wildman–Crippen LogP) is 4.43. The Kier molecular flexibility index (Phi) is 5.67. The van der Waals surface area contributed by atoms with Crippen molar-refractivity contribution in [1.82, 2.24) is 5.06 Å². The average molecular weight is 401 g/mol. The fraction of sp³-hybridized carbons (Fsp3) is 0.280. The number of hydrogen-bond donors (Lipinski definition) is 0. The van der Waals surface area contributed by atoms with Gasteiger partial charge in [-0.3, -0.25) is 4.79 Å². The van der Waals surface area contributed by atoms with Gasteiger partial charge in [-0.2, -0.15) is 4.74 Å². The predicted molar refractivity (Wildman–Crippen MR) is 117 cm³/mol. The molecule has 5 heteroatoms. The Labute approximate surface area is 177 Å². The summed E-state index contributed by atoms with van der Waals surface area (Å²) < 4.78 is 0.785. The summed E-state index contributed by atoms with van der Waals surface area (Å²) in [6.45, 7) is 8.28. The van der Waals surface area contributed by atoms with Crippen LogP contribution >= 0.6 is 0 Å². The van der Waals surface area contributed by atoms with Crippen molar-refractivity contribution in [1.29, 1.82) is 0 Å². The van der Waals surface area contributed by atoms with Crippen LogP contribution < -0.4 is 0 Å². The maximum absolute atomic E-state index is 12.6. The minimum atomic E-state index is -1.13. The molecule has 1 radical (unpaired) electrons. The molecule has 30 heavy (non-hydrogen) atoms. The van der Waals surface area contributed by atoms with E-state index < -0.39 is 11.2 Å². The van der Waals surface area contributed by atoms with Crippen molar-refractivity contribution in [2.45, 2.75) is 45.8 Å². The van der Waals surface area contributed by atoms with Crippen LogP contribution in [0.1, 0.15) is 61.7 Å². The van der Waals surface area contributed by atoms with E-state index in [1.807, 2.05) is 42.5 Å². The van der Waals surface area contributed by atoms with Crippen LogP contribution in [0, 0.1) is 17.0 Å². The third kappa shape index (κ3) is 4.06. The molecule has 5 nitrogen and oxygen atoms in total. The van der Waals surface area contributed by atoms with Crippen molar-refractivity contribution in [3.8, 4) is 11.8 Å². The van der Waals surface area contributed by atoms with Gasteiger partial charge in [-0.25, -0.2) is 0 Å². The van der Waals surface area contributed by atoms with E-state index in [4.69, 9.17) is 0 Å². The SMILES string of the molecule is CC(=O)c1ccc(C#Cc2ccc(/C=C/C3=[N+]([O-])C(C)(C)N([O])C3(C)C)cc2)cc1. The molecule has 0 amide bonds. The van der Waals surface area contributed by atoms with Crippen molar-refractivity contribution in [3.05, 3.63) is 82.1 Å². The second kappa shape index (κ2) is 7.91. The molecule has 153 valence electrons. The fourth-order valence-electron chi connectivity index (χ4n) is 3.47. The number of carbonyl (C=O) groups excluding carboxylic acids is 1. The molecule has 0 aliphatic carbocycles. The highest BCUT2D eigenvalue weighted by Crippen LogP contribution is 2.33. The summed E-state index contributed by atoms with van der Waals surface area (Å²) in [5, 5.41) is 25.9. The molecule has 1 aliphatic heterocycles. The Hall–Kier alpha value is -3.20. The summed E-state index contributed by atoms with van der Waals surface area (Å²) in [5.74, 6) is 6.21. The number of Topliss-reactive ketones (excluding diaryl/α,β-unsaturated/α-hetero) is 1. The molecule has 3 rings (SSSR count). The van der Waals surface area contributed by atoms with Gasteiger partial charge in [0.2, 0.25) is 11.4 Å². The van der Waals surface area contributed by atoms with Gasteiger partial charge >= 0.3 is 0 Å². The van der Waals surface area contributed by atoms with Gasteiger partial charge in [-0.1, -0.05) is 41.2 Å². The zero-order valence-corrected chi connectivity index (χ0v) is 17.9. The average Bonchev–Trinajstić information content (AvgIpc) is 2.83. The highest BCUT2D eigenvalue weighted by atomic mass is 16.6. The first-order valence-electron chi connectivity index (χ1n) is 9.77. The molecular formula is C25H25N2O3. The molecule has 0 fully saturated rings. The third-order valence-electron chi connectivity index (χ3n) is 5.33. The van der Waals surface area contributed by atoms with Crippen molar-refractivity contribution in [2.75, 3.05) is 0 Å². The first-order chi connectivity index (χ1) is 14.0. The normalized spacial score (nSPS) is 17.8. The van der Waals surface area contributed by atoms with E-state index in [2.05, 4.69) is 11.8 Å². The number of hydrogen-bond acceptors (Lipinski definition) is 3. The number of carbonyl (C=O) groups is 1. The molecule has 1 aliphatic rings. The van der Waals surface area contributed by atoms with Gasteiger partial charge in [-0.15, -0.1) is 5.21 Å². The Morgan fingerprint density at radius 1 is 0.933 bits per heavy atom. The molecule has 0 N–H and O–H groups in total. The van der Waals surface area contributed by atoms with Gasteiger partial charge in [0.25, 0.3) is 0 Å². The zero-order chi connectivity index (χ0) is 22.1. The van der Waals surface area contributed by atoms with Gasteiger partial charge in [0, 0.05) is 36.6 Å². The number of benzene rings is 2. The van der Waals surface area contributed by atoms with E-state index in [0.29, 0.717) is 11.3 Å². The van der Waals surface area contributed by atoms with E-state index in [1.165, 1.54) is 6.92 Å². The lowest BCUT2D eigenvalue weighted by molar-refractivity contribution is -0.586. The number of nitrogens with zero attached hydrogens (tertiary/aromatic N) is 2. The minimum absolute atomic E-state index is 0.0314. The Bertz CT molecular complexity index is 1080. The molecule has 0 spiro atoms. The van der Waals surface area contributed by atoms with Gasteiger partial charge in [0.05, 0.1) is 0 Å². The molecular weight excluding hydrogens is 376 g/mol. The lowest BCUT2D eigenvalue weighted by Gasteiger charge is -2.27. The van der Waals surface area contributed by atoms with Crippen molar-refractivity contribution in [2.24, 2.45) is 0 Å². The van der Waals surface area contributed by atoms with Crippen LogP contribution in [-0.4, -0.2) is 32.5 Å². The smallest absolute Gasteiger partial charge is 0.248 e.